The van der Waals surface area contributed by atoms with Gasteiger partial charge in [0.05, 0.1) is 5.60 Å². The Morgan fingerprint density at radius 2 is 2.35 bits per heavy atom. The lowest BCUT2D eigenvalue weighted by atomic mass is 9.94. The van der Waals surface area contributed by atoms with E-state index in [1.165, 1.54) is 5.57 Å². The molecule has 0 aromatic carbocycles. The second kappa shape index (κ2) is 6.60. The van der Waals surface area contributed by atoms with Gasteiger partial charge >= 0.3 is 0 Å². The molecule has 0 saturated carbocycles. The molecule has 17 heavy (non-hydrogen) atoms. The highest BCUT2D eigenvalue weighted by molar-refractivity contribution is 5.75. The largest absolute Gasteiger partial charge is 0.371 e. The van der Waals surface area contributed by atoms with Gasteiger partial charge in [-0.1, -0.05) is 30.7 Å². The summed E-state index contributed by atoms with van der Waals surface area (Å²) in [5, 5.41) is 2.84. The summed E-state index contributed by atoms with van der Waals surface area (Å²) in [6, 6.07) is 0. The van der Waals surface area contributed by atoms with Gasteiger partial charge in [0, 0.05) is 19.6 Å². The second-order valence-corrected chi connectivity index (χ2v) is 4.70. The fourth-order valence-corrected chi connectivity index (χ4v) is 1.64. The third-order valence-electron chi connectivity index (χ3n) is 2.92. The predicted octanol–water partition coefficient (Wildman–Crippen LogP) is 2.58. The summed E-state index contributed by atoms with van der Waals surface area (Å²) in [5.41, 5.74) is 1.12. The zero-order valence-electron chi connectivity index (χ0n) is 11.1. The van der Waals surface area contributed by atoms with Crippen LogP contribution in [0, 0.1) is 0 Å². The molecule has 0 fully saturated rings. The molecule has 1 aliphatic rings. The minimum absolute atomic E-state index is 0.104. The molecule has 1 rings (SSSR count). The van der Waals surface area contributed by atoms with Crippen LogP contribution in [0.5, 0.6) is 0 Å². The summed E-state index contributed by atoms with van der Waals surface area (Å²) in [6.45, 7) is 7.42. The molecular weight excluding hydrogens is 214 g/mol. The van der Waals surface area contributed by atoms with Gasteiger partial charge in [0.25, 0.3) is 0 Å². The topological polar surface area (TPSA) is 38.3 Å². The van der Waals surface area contributed by atoms with E-state index < -0.39 is 0 Å². The van der Waals surface area contributed by atoms with Crippen molar-refractivity contribution in [1.29, 1.82) is 0 Å². The lowest BCUT2D eigenvalue weighted by Crippen LogP contribution is -2.29. The molecule has 0 spiro atoms. The number of ether oxygens (including phenoxy) is 1. The fourth-order valence-electron chi connectivity index (χ4n) is 1.64. The number of hydrogen-bond acceptors (Lipinski definition) is 2. The highest BCUT2D eigenvalue weighted by Gasteiger charge is 2.21. The Hall–Kier alpha value is -1.09. The molecule has 3 heteroatoms. The van der Waals surface area contributed by atoms with Crippen LogP contribution in [-0.2, 0) is 9.53 Å². The van der Waals surface area contributed by atoms with E-state index in [0.29, 0.717) is 19.6 Å². The third kappa shape index (κ3) is 5.18. The maximum atomic E-state index is 11.0. The van der Waals surface area contributed by atoms with Crippen molar-refractivity contribution in [1.82, 2.24) is 5.32 Å². The summed E-state index contributed by atoms with van der Waals surface area (Å²) < 4.78 is 5.85. The van der Waals surface area contributed by atoms with E-state index >= 15 is 0 Å². The molecule has 96 valence electrons. The van der Waals surface area contributed by atoms with E-state index in [2.05, 4.69) is 37.4 Å². The second-order valence-electron chi connectivity index (χ2n) is 4.70. The Labute approximate surface area is 104 Å². The lowest BCUT2D eigenvalue weighted by Gasteiger charge is -2.28. The smallest absolute Gasteiger partial charge is 0.219 e. The number of allylic oxidation sites excluding steroid dienone is 2. The van der Waals surface area contributed by atoms with Gasteiger partial charge in [-0.05, 0) is 26.7 Å². The van der Waals surface area contributed by atoms with Crippen LogP contribution in [-0.4, -0.2) is 24.7 Å². The highest BCUT2D eigenvalue weighted by Crippen LogP contribution is 2.24. The standard InChI is InChI=1S/C14H23NO2/c1-4-13(16)15-10-5-11-17-14(3)8-6-12(2)7-9-14/h6-8H,4-5,9-11H2,1-3H3,(H,15,16). The van der Waals surface area contributed by atoms with Crippen molar-refractivity contribution in [3.05, 3.63) is 23.8 Å². The summed E-state index contributed by atoms with van der Waals surface area (Å²) in [5.74, 6) is 0.104. The SMILES string of the molecule is CCC(=O)NCCCOC1(C)C=CC(C)=CC1. The van der Waals surface area contributed by atoms with E-state index in [-0.39, 0.29) is 11.5 Å². The number of carbonyl (C=O) groups is 1. The molecule has 1 aliphatic carbocycles. The monoisotopic (exact) mass is 237 g/mol. The van der Waals surface area contributed by atoms with E-state index in [1.54, 1.807) is 0 Å². The maximum Gasteiger partial charge on any atom is 0.219 e. The lowest BCUT2D eigenvalue weighted by molar-refractivity contribution is -0.120. The molecule has 1 N–H and O–H groups in total. The average molecular weight is 237 g/mol. The van der Waals surface area contributed by atoms with Gasteiger partial charge in [-0.15, -0.1) is 0 Å². The van der Waals surface area contributed by atoms with Crippen LogP contribution in [0.3, 0.4) is 0 Å². The molecule has 0 heterocycles. The van der Waals surface area contributed by atoms with Gasteiger partial charge in [0.15, 0.2) is 0 Å². The van der Waals surface area contributed by atoms with Crippen molar-refractivity contribution >= 4 is 5.91 Å². The normalized spacial score (nSPS) is 23.4. The Morgan fingerprint density at radius 1 is 1.59 bits per heavy atom. The summed E-state index contributed by atoms with van der Waals surface area (Å²) in [6.07, 6.45) is 8.74. The Kier molecular flexibility index (Phi) is 5.42. The number of hydrogen-bond donors (Lipinski definition) is 1. The maximum absolute atomic E-state index is 11.0. The van der Waals surface area contributed by atoms with Crippen LogP contribution in [0.4, 0.5) is 0 Å². The van der Waals surface area contributed by atoms with Gasteiger partial charge in [-0.3, -0.25) is 4.79 Å². The third-order valence-corrected chi connectivity index (χ3v) is 2.92. The Balaban J connectivity index is 2.15. The van der Waals surface area contributed by atoms with Crippen molar-refractivity contribution in [3.63, 3.8) is 0 Å². The summed E-state index contributed by atoms with van der Waals surface area (Å²) in [7, 11) is 0. The molecule has 0 aromatic heterocycles. The van der Waals surface area contributed by atoms with Crippen molar-refractivity contribution in [2.75, 3.05) is 13.2 Å². The predicted molar refractivity (Wildman–Crippen MR) is 69.8 cm³/mol. The van der Waals surface area contributed by atoms with Crippen LogP contribution >= 0.6 is 0 Å². The van der Waals surface area contributed by atoms with Gasteiger partial charge < -0.3 is 10.1 Å². The van der Waals surface area contributed by atoms with Gasteiger partial charge in [-0.25, -0.2) is 0 Å². The molecule has 1 amide bonds. The van der Waals surface area contributed by atoms with E-state index in [4.69, 9.17) is 4.74 Å². The van der Waals surface area contributed by atoms with Crippen LogP contribution in [0.15, 0.2) is 23.8 Å². The van der Waals surface area contributed by atoms with Crippen LogP contribution in [0.25, 0.3) is 0 Å². The quantitative estimate of drug-likeness (QED) is 0.721. The van der Waals surface area contributed by atoms with E-state index in [9.17, 15) is 4.79 Å². The minimum atomic E-state index is -0.172. The number of rotatable bonds is 6. The van der Waals surface area contributed by atoms with Crippen molar-refractivity contribution in [2.24, 2.45) is 0 Å². The minimum Gasteiger partial charge on any atom is -0.371 e. The molecular formula is C14H23NO2. The van der Waals surface area contributed by atoms with Crippen LogP contribution < -0.4 is 5.32 Å². The number of nitrogens with one attached hydrogen (secondary N) is 1. The zero-order chi connectivity index (χ0) is 12.7. The molecule has 1 atom stereocenters. The molecule has 1 unspecified atom stereocenters. The highest BCUT2D eigenvalue weighted by atomic mass is 16.5. The zero-order valence-corrected chi connectivity index (χ0v) is 11.1. The first-order chi connectivity index (χ1) is 8.06. The van der Waals surface area contributed by atoms with E-state index in [1.807, 2.05) is 6.92 Å². The van der Waals surface area contributed by atoms with Gasteiger partial charge in [0.2, 0.25) is 5.91 Å². The first-order valence-corrected chi connectivity index (χ1v) is 6.32. The molecule has 0 aromatic rings. The van der Waals surface area contributed by atoms with Crippen molar-refractivity contribution < 1.29 is 9.53 Å². The molecule has 0 bridgehead atoms. The molecule has 0 saturated heterocycles. The van der Waals surface area contributed by atoms with Gasteiger partial charge in [0.1, 0.15) is 0 Å². The first kappa shape index (κ1) is 14.0. The number of amides is 1. The fraction of sp³-hybridized carbons (Fsp3) is 0.643. The van der Waals surface area contributed by atoms with Crippen LogP contribution in [0.1, 0.15) is 40.0 Å². The Morgan fingerprint density at radius 3 is 2.94 bits per heavy atom. The van der Waals surface area contributed by atoms with Crippen LogP contribution in [0.2, 0.25) is 0 Å². The van der Waals surface area contributed by atoms with Gasteiger partial charge in [-0.2, -0.15) is 0 Å². The molecule has 3 nitrogen and oxygen atoms in total. The van der Waals surface area contributed by atoms with E-state index in [0.717, 1.165) is 12.8 Å². The Bertz CT molecular complexity index is 320. The van der Waals surface area contributed by atoms with Crippen molar-refractivity contribution in [2.45, 2.75) is 45.6 Å². The first-order valence-electron chi connectivity index (χ1n) is 6.32. The summed E-state index contributed by atoms with van der Waals surface area (Å²) >= 11 is 0. The van der Waals surface area contributed by atoms with Crippen molar-refractivity contribution in [3.8, 4) is 0 Å². The number of carbonyl (C=O) groups excluding carboxylic acids is 1. The average Bonchev–Trinajstić information content (AvgIpc) is 2.32. The molecule has 0 aliphatic heterocycles. The molecule has 0 radical (unpaired) electrons. The summed E-state index contributed by atoms with van der Waals surface area (Å²) in [4.78, 5) is 11.0.